The second-order valence-corrected chi connectivity index (χ2v) is 3.62. The van der Waals surface area contributed by atoms with Crippen molar-refractivity contribution in [2.75, 3.05) is 5.75 Å². The minimum Gasteiger partial charge on any atom is -0.333 e. The van der Waals surface area contributed by atoms with Crippen molar-refractivity contribution in [2.24, 2.45) is 0 Å². The Hall–Kier alpha value is 0.0700. The highest BCUT2D eigenvalue weighted by molar-refractivity contribution is 8.68. The van der Waals surface area contributed by atoms with E-state index in [4.69, 9.17) is 0 Å². The number of rotatable bonds is 2. The van der Waals surface area contributed by atoms with Crippen LogP contribution in [0.3, 0.4) is 0 Å². The molecule has 1 N–H and O–H groups in total. The lowest BCUT2D eigenvalue weighted by Crippen LogP contribution is -1.88. The van der Waals surface area contributed by atoms with Gasteiger partial charge in [0.05, 0.1) is 0 Å². The molecule has 0 unspecified atom stereocenters. The maximum atomic E-state index is 3.85. The fraction of sp³-hybridized carbons (Fsp3) is 0.143. The van der Waals surface area contributed by atoms with Gasteiger partial charge >= 0.3 is 0 Å². The van der Waals surface area contributed by atoms with Crippen molar-refractivity contribution >= 4 is 34.4 Å². The lowest BCUT2D eigenvalue weighted by Gasteiger charge is -1.93. The van der Waals surface area contributed by atoms with Gasteiger partial charge in [0, 0.05) is 12.0 Å². The van der Waals surface area contributed by atoms with E-state index in [9.17, 15) is 0 Å². The lowest BCUT2D eigenvalue weighted by atomic mass is 10.6. The van der Waals surface area contributed by atoms with E-state index >= 15 is 0 Å². The van der Waals surface area contributed by atoms with Crippen LogP contribution in [0.15, 0.2) is 36.4 Å². The van der Waals surface area contributed by atoms with Crippen LogP contribution < -0.4 is 4.72 Å². The molecule has 0 atom stereocenters. The fourth-order valence-corrected chi connectivity index (χ4v) is 1.14. The van der Waals surface area contributed by atoms with E-state index in [-0.39, 0.29) is 0 Å². The molecule has 1 aliphatic rings. The van der Waals surface area contributed by atoms with E-state index in [1.165, 1.54) is 10.8 Å². The predicted molar refractivity (Wildman–Crippen MR) is 60.6 cm³/mol. The zero-order valence-electron chi connectivity index (χ0n) is 6.06. The van der Waals surface area contributed by atoms with Crippen LogP contribution in [0.25, 0.3) is 0 Å². The molecule has 0 aromatic carbocycles. The molecule has 0 aromatic heterocycles. The number of allylic oxidation sites excluding steroid dienone is 2. The Bertz CT molecular complexity index is 131. The molecule has 0 aliphatic carbocycles. The van der Waals surface area contributed by atoms with Gasteiger partial charge < -0.3 is 4.72 Å². The molecule has 1 heterocycles. The minimum absolute atomic E-state index is 0.934. The monoisotopic (exact) mass is 205 g/mol. The van der Waals surface area contributed by atoms with Crippen molar-refractivity contribution in [3.05, 3.63) is 36.4 Å². The molecule has 4 heteroatoms. The first-order valence-corrected chi connectivity index (χ1v) is 5.93. The number of nitrogens with one attached hydrogen (secondary N) is 1. The highest BCUT2D eigenvalue weighted by atomic mass is 33.1. The van der Waals surface area contributed by atoms with E-state index < -0.39 is 0 Å². The van der Waals surface area contributed by atoms with E-state index in [0.29, 0.717) is 0 Å². The van der Waals surface area contributed by atoms with Gasteiger partial charge in [0.25, 0.3) is 0 Å². The first-order valence-electron chi connectivity index (χ1n) is 3.02. The largest absolute Gasteiger partial charge is 0.333 e. The van der Waals surface area contributed by atoms with E-state index in [1.807, 2.05) is 29.8 Å². The summed E-state index contributed by atoms with van der Waals surface area (Å²) in [5.41, 5.74) is 0. The van der Waals surface area contributed by atoms with Gasteiger partial charge in [-0.25, -0.2) is 0 Å². The average molecular weight is 205 g/mol. The normalized spacial score (nSPS) is 12.8. The van der Waals surface area contributed by atoms with E-state index in [1.54, 1.807) is 11.9 Å². The van der Waals surface area contributed by atoms with Gasteiger partial charge in [0.1, 0.15) is 0 Å². The summed E-state index contributed by atoms with van der Waals surface area (Å²) in [4.78, 5) is 0. The molecule has 62 valence electrons. The third-order valence-corrected chi connectivity index (χ3v) is 2.08. The number of hydrogen-bond acceptors (Lipinski definition) is 4. The van der Waals surface area contributed by atoms with Crippen LogP contribution in [-0.2, 0) is 0 Å². The molecule has 0 bridgehead atoms. The Morgan fingerprint density at radius 3 is 2.55 bits per heavy atom. The van der Waals surface area contributed by atoms with Crippen molar-refractivity contribution in [2.45, 2.75) is 0 Å². The molecule has 0 saturated heterocycles. The van der Waals surface area contributed by atoms with Crippen LogP contribution in [0.1, 0.15) is 0 Å². The summed E-state index contributed by atoms with van der Waals surface area (Å²) in [7, 11) is 1.48. The number of thiol groups is 1. The smallest absolute Gasteiger partial charge is 0.0212 e. The molecule has 0 fully saturated rings. The first-order chi connectivity index (χ1) is 5.41. The van der Waals surface area contributed by atoms with Crippen molar-refractivity contribution in [1.82, 2.24) is 4.72 Å². The molecular formula is C7H11NS3. The minimum atomic E-state index is 0.934. The second-order valence-electron chi connectivity index (χ2n) is 1.51. The number of hydrogen-bond donors (Lipinski definition) is 2. The Balaban J connectivity index is 0.000000187. The van der Waals surface area contributed by atoms with Crippen LogP contribution >= 0.6 is 34.4 Å². The van der Waals surface area contributed by atoms with Crippen LogP contribution in [0.2, 0.25) is 0 Å². The van der Waals surface area contributed by atoms with Gasteiger partial charge in [-0.1, -0.05) is 22.9 Å². The molecule has 11 heavy (non-hydrogen) atoms. The second kappa shape index (κ2) is 10.1. The molecule has 0 aromatic rings. The zero-order chi connectivity index (χ0) is 8.36. The van der Waals surface area contributed by atoms with Gasteiger partial charge in [0.15, 0.2) is 0 Å². The van der Waals surface area contributed by atoms with E-state index in [2.05, 4.69) is 23.0 Å². The summed E-state index contributed by atoms with van der Waals surface area (Å²) in [6, 6.07) is 0. The maximum absolute atomic E-state index is 3.85. The Kier molecular flexibility index (Phi) is 10.1. The molecule has 1 rings (SSSR count). The van der Waals surface area contributed by atoms with Gasteiger partial charge in [-0.05, 0) is 23.4 Å². The van der Waals surface area contributed by atoms with Crippen LogP contribution in [0.4, 0.5) is 0 Å². The molecule has 0 spiro atoms. The summed E-state index contributed by atoms with van der Waals surface area (Å²) < 4.78 is 2.93. The highest BCUT2D eigenvalue weighted by Gasteiger charge is 1.74. The third-order valence-electron chi connectivity index (χ3n) is 0.682. The van der Waals surface area contributed by atoms with Gasteiger partial charge in [-0.15, -0.1) is 18.2 Å². The zero-order valence-corrected chi connectivity index (χ0v) is 8.59. The standard InChI is InChI=1S/C4H5NS.C3H6S2/c1-2-4-6-5-3-1;1-2-3-5-4/h1-5H;2,4H,1,3H2. The van der Waals surface area contributed by atoms with Crippen molar-refractivity contribution < 1.29 is 0 Å². The molecule has 0 amide bonds. The fourth-order valence-electron chi connectivity index (χ4n) is 0.311. The van der Waals surface area contributed by atoms with Gasteiger partial charge in [-0.3, -0.25) is 0 Å². The SMILES string of the molecule is C1=CNSC=C1.C=CCSS. The summed E-state index contributed by atoms with van der Waals surface area (Å²) in [5, 5.41) is 1.99. The lowest BCUT2D eigenvalue weighted by molar-refractivity contribution is 1.42. The molecule has 0 radical (unpaired) electrons. The first kappa shape index (κ1) is 11.1. The predicted octanol–water partition coefficient (Wildman–Crippen LogP) is 3.02. The van der Waals surface area contributed by atoms with Crippen LogP contribution in [-0.4, -0.2) is 5.75 Å². The van der Waals surface area contributed by atoms with Gasteiger partial charge in [-0.2, -0.15) is 0 Å². The van der Waals surface area contributed by atoms with Crippen molar-refractivity contribution in [3.63, 3.8) is 0 Å². The quantitative estimate of drug-likeness (QED) is 0.311. The summed E-state index contributed by atoms with van der Waals surface area (Å²) in [6.07, 6.45) is 7.65. The Morgan fingerprint density at radius 1 is 1.64 bits per heavy atom. The van der Waals surface area contributed by atoms with Crippen molar-refractivity contribution in [3.8, 4) is 0 Å². The van der Waals surface area contributed by atoms with Crippen molar-refractivity contribution in [1.29, 1.82) is 0 Å². The summed E-state index contributed by atoms with van der Waals surface area (Å²) in [6.45, 7) is 3.48. The Morgan fingerprint density at radius 2 is 2.45 bits per heavy atom. The summed E-state index contributed by atoms with van der Waals surface area (Å²) in [5.74, 6) is 0.934. The molecule has 0 saturated carbocycles. The average Bonchev–Trinajstić information content (AvgIpc) is 2.10. The Labute approximate surface area is 81.3 Å². The third kappa shape index (κ3) is 10.1. The summed E-state index contributed by atoms with van der Waals surface area (Å²) >= 11 is 5.42. The molecule has 1 aliphatic heterocycles. The highest BCUT2D eigenvalue weighted by Crippen LogP contribution is 2.01. The van der Waals surface area contributed by atoms with E-state index in [0.717, 1.165) is 5.75 Å². The molecule has 1 nitrogen and oxygen atoms in total. The topological polar surface area (TPSA) is 12.0 Å². The van der Waals surface area contributed by atoms with Crippen LogP contribution in [0, 0.1) is 0 Å². The van der Waals surface area contributed by atoms with Crippen LogP contribution in [0.5, 0.6) is 0 Å². The van der Waals surface area contributed by atoms with Gasteiger partial charge in [0.2, 0.25) is 0 Å². The molecular weight excluding hydrogens is 194 g/mol. The maximum Gasteiger partial charge on any atom is 0.0212 e.